The van der Waals surface area contributed by atoms with Crippen molar-refractivity contribution in [1.82, 2.24) is 4.90 Å². The first-order valence-corrected chi connectivity index (χ1v) is 7.19. The van der Waals surface area contributed by atoms with E-state index >= 15 is 0 Å². The Labute approximate surface area is 117 Å². The van der Waals surface area contributed by atoms with E-state index in [0.29, 0.717) is 5.92 Å². The first kappa shape index (κ1) is 13.8. The van der Waals surface area contributed by atoms with Crippen molar-refractivity contribution >= 4 is 15.9 Å². The standard InChI is InChI=1S/C14H20BrNO2/c1-16-6-4-11(5-7-16)10-18-14-3-2-13(15)8-12(14)9-17/h2-3,8,11,17H,4-7,9-10H2,1H3. The Balaban J connectivity index is 1.90. The van der Waals surface area contributed by atoms with Gasteiger partial charge in [0.2, 0.25) is 0 Å². The van der Waals surface area contributed by atoms with E-state index in [9.17, 15) is 5.11 Å². The lowest BCUT2D eigenvalue weighted by Gasteiger charge is -2.28. The molecule has 2 rings (SSSR count). The van der Waals surface area contributed by atoms with Crippen LogP contribution in [0.25, 0.3) is 0 Å². The molecule has 0 aromatic heterocycles. The van der Waals surface area contributed by atoms with Gasteiger partial charge in [-0.3, -0.25) is 0 Å². The van der Waals surface area contributed by atoms with E-state index in [4.69, 9.17) is 4.74 Å². The normalized spacial score (nSPS) is 17.9. The van der Waals surface area contributed by atoms with Gasteiger partial charge >= 0.3 is 0 Å². The number of rotatable bonds is 4. The third kappa shape index (κ3) is 3.70. The number of likely N-dealkylation sites (tertiary alicyclic amines) is 1. The Morgan fingerprint density at radius 1 is 1.39 bits per heavy atom. The molecule has 0 spiro atoms. The largest absolute Gasteiger partial charge is 0.493 e. The van der Waals surface area contributed by atoms with Gasteiger partial charge in [-0.15, -0.1) is 0 Å². The predicted octanol–water partition coefficient (Wildman–Crippen LogP) is 2.66. The highest BCUT2D eigenvalue weighted by Crippen LogP contribution is 2.25. The zero-order chi connectivity index (χ0) is 13.0. The molecule has 1 aromatic rings. The molecule has 1 heterocycles. The summed E-state index contributed by atoms with van der Waals surface area (Å²) in [5.41, 5.74) is 0.845. The summed E-state index contributed by atoms with van der Waals surface area (Å²) in [6.45, 7) is 3.08. The molecule has 3 nitrogen and oxygen atoms in total. The molecule has 1 aliphatic rings. The Morgan fingerprint density at radius 3 is 2.78 bits per heavy atom. The molecule has 1 fully saturated rings. The smallest absolute Gasteiger partial charge is 0.124 e. The molecule has 4 heteroatoms. The minimum Gasteiger partial charge on any atom is -0.493 e. The van der Waals surface area contributed by atoms with E-state index < -0.39 is 0 Å². The molecule has 1 aliphatic heterocycles. The van der Waals surface area contributed by atoms with Crippen molar-refractivity contribution in [3.63, 3.8) is 0 Å². The summed E-state index contributed by atoms with van der Waals surface area (Å²) in [6.07, 6.45) is 2.39. The van der Waals surface area contributed by atoms with Crippen LogP contribution in [0.4, 0.5) is 0 Å². The molecule has 1 N–H and O–H groups in total. The zero-order valence-electron chi connectivity index (χ0n) is 10.7. The van der Waals surface area contributed by atoms with Crippen LogP contribution in [0.3, 0.4) is 0 Å². The number of piperidine rings is 1. The van der Waals surface area contributed by atoms with Crippen LogP contribution < -0.4 is 4.74 Å². The topological polar surface area (TPSA) is 32.7 Å². The van der Waals surface area contributed by atoms with Crippen LogP contribution in [-0.2, 0) is 6.61 Å². The van der Waals surface area contributed by atoms with Gasteiger partial charge in [-0.2, -0.15) is 0 Å². The highest BCUT2D eigenvalue weighted by atomic mass is 79.9. The molecule has 0 bridgehead atoms. The van der Waals surface area contributed by atoms with E-state index in [-0.39, 0.29) is 6.61 Å². The molecule has 18 heavy (non-hydrogen) atoms. The second-order valence-electron chi connectivity index (χ2n) is 4.97. The zero-order valence-corrected chi connectivity index (χ0v) is 12.3. The van der Waals surface area contributed by atoms with Crippen molar-refractivity contribution < 1.29 is 9.84 Å². The van der Waals surface area contributed by atoms with Gasteiger partial charge in [0, 0.05) is 10.0 Å². The molecule has 0 aliphatic carbocycles. The van der Waals surface area contributed by atoms with E-state index in [1.54, 1.807) is 0 Å². The third-order valence-corrected chi connectivity index (χ3v) is 4.00. The fourth-order valence-corrected chi connectivity index (χ4v) is 2.66. The maximum Gasteiger partial charge on any atom is 0.124 e. The van der Waals surface area contributed by atoms with Crippen LogP contribution in [0.5, 0.6) is 5.75 Å². The number of hydrogen-bond acceptors (Lipinski definition) is 3. The summed E-state index contributed by atoms with van der Waals surface area (Å²) in [7, 11) is 2.16. The van der Waals surface area contributed by atoms with Crippen LogP contribution in [-0.4, -0.2) is 36.8 Å². The van der Waals surface area contributed by atoms with Crippen molar-refractivity contribution in [2.24, 2.45) is 5.92 Å². The monoisotopic (exact) mass is 313 g/mol. The van der Waals surface area contributed by atoms with Crippen molar-refractivity contribution in [2.45, 2.75) is 19.4 Å². The number of ether oxygens (including phenoxy) is 1. The second kappa shape index (κ2) is 6.55. The Morgan fingerprint density at radius 2 is 2.11 bits per heavy atom. The summed E-state index contributed by atoms with van der Waals surface area (Å²) in [5.74, 6) is 1.44. The summed E-state index contributed by atoms with van der Waals surface area (Å²) in [6, 6.07) is 5.78. The third-order valence-electron chi connectivity index (χ3n) is 3.51. The quantitative estimate of drug-likeness (QED) is 0.927. The number of aliphatic hydroxyl groups is 1. The van der Waals surface area contributed by atoms with Gasteiger partial charge < -0.3 is 14.7 Å². The highest BCUT2D eigenvalue weighted by Gasteiger charge is 2.17. The first-order chi connectivity index (χ1) is 8.69. The van der Waals surface area contributed by atoms with Gasteiger partial charge in [0.05, 0.1) is 13.2 Å². The van der Waals surface area contributed by atoms with Crippen molar-refractivity contribution in [1.29, 1.82) is 0 Å². The van der Waals surface area contributed by atoms with Gasteiger partial charge in [0.1, 0.15) is 5.75 Å². The molecular formula is C14H20BrNO2. The minimum absolute atomic E-state index is 0.0160. The second-order valence-corrected chi connectivity index (χ2v) is 5.88. The van der Waals surface area contributed by atoms with Gasteiger partial charge in [-0.05, 0) is 57.1 Å². The summed E-state index contributed by atoms with van der Waals surface area (Å²) < 4.78 is 6.83. The van der Waals surface area contributed by atoms with Crippen LogP contribution in [0, 0.1) is 5.92 Å². The Bertz CT molecular complexity index is 389. The maximum atomic E-state index is 9.31. The molecule has 0 unspecified atom stereocenters. The summed E-state index contributed by atoms with van der Waals surface area (Å²) in [4.78, 5) is 2.36. The average Bonchev–Trinajstić information content (AvgIpc) is 2.39. The average molecular weight is 314 g/mol. The van der Waals surface area contributed by atoms with Crippen LogP contribution >= 0.6 is 15.9 Å². The number of aliphatic hydroxyl groups excluding tert-OH is 1. The highest BCUT2D eigenvalue weighted by molar-refractivity contribution is 9.10. The lowest BCUT2D eigenvalue weighted by atomic mass is 9.98. The SMILES string of the molecule is CN1CCC(COc2ccc(Br)cc2CO)CC1. The van der Waals surface area contributed by atoms with Crippen molar-refractivity contribution in [3.05, 3.63) is 28.2 Å². The van der Waals surface area contributed by atoms with E-state index in [1.807, 2.05) is 18.2 Å². The summed E-state index contributed by atoms with van der Waals surface area (Å²) in [5, 5.41) is 9.31. The van der Waals surface area contributed by atoms with Gasteiger partial charge in [-0.25, -0.2) is 0 Å². The minimum atomic E-state index is 0.0160. The van der Waals surface area contributed by atoms with Crippen molar-refractivity contribution in [3.8, 4) is 5.75 Å². The first-order valence-electron chi connectivity index (χ1n) is 6.39. The fraction of sp³-hybridized carbons (Fsp3) is 0.571. The van der Waals surface area contributed by atoms with Gasteiger partial charge in [0.25, 0.3) is 0 Å². The van der Waals surface area contributed by atoms with Gasteiger partial charge in [0.15, 0.2) is 0 Å². The molecule has 1 aromatic carbocycles. The lowest BCUT2D eigenvalue weighted by molar-refractivity contribution is 0.157. The van der Waals surface area contributed by atoms with E-state index in [1.165, 1.54) is 12.8 Å². The van der Waals surface area contributed by atoms with Gasteiger partial charge in [-0.1, -0.05) is 15.9 Å². The van der Waals surface area contributed by atoms with E-state index in [0.717, 1.165) is 35.5 Å². The maximum absolute atomic E-state index is 9.31. The molecule has 0 radical (unpaired) electrons. The molecule has 1 saturated heterocycles. The number of nitrogens with zero attached hydrogens (tertiary/aromatic N) is 1. The molecule has 0 saturated carbocycles. The Kier molecular flexibility index (Phi) is 5.03. The predicted molar refractivity (Wildman–Crippen MR) is 75.8 cm³/mol. The van der Waals surface area contributed by atoms with Crippen LogP contribution in [0.1, 0.15) is 18.4 Å². The fourth-order valence-electron chi connectivity index (χ4n) is 2.25. The molecule has 100 valence electrons. The molecule has 0 atom stereocenters. The molecule has 0 amide bonds. The number of halogens is 1. The van der Waals surface area contributed by atoms with E-state index in [2.05, 4.69) is 27.9 Å². The van der Waals surface area contributed by atoms with Crippen LogP contribution in [0.15, 0.2) is 22.7 Å². The number of benzene rings is 1. The Hall–Kier alpha value is -0.580. The molecular weight excluding hydrogens is 294 g/mol. The summed E-state index contributed by atoms with van der Waals surface area (Å²) >= 11 is 3.40. The number of hydrogen-bond donors (Lipinski definition) is 1. The lowest BCUT2D eigenvalue weighted by Crippen LogP contribution is -2.32. The van der Waals surface area contributed by atoms with Crippen molar-refractivity contribution in [2.75, 3.05) is 26.7 Å². The van der Waals surface area contributed by atoms with Crippen LogP contribution in [0.2, 0.25) is 0 Å².